The smallest absolute Gasteiger partial charge is 0.150 e. The monoisotopic (exact) mass is 342 g/mol. The molecule has 0 fully saturated rings. The Labute approximate surface area is 123 Å². The first kappa shape index (κ1) is 14.0. The third-order valence-electron chi connectivity index (χ3n) is 2.49. The van der Waals surface area contributed by atoms with E-state index in [-0.39, 0.29) is 12.4 Å². The van der Waals surface area contributed by atoms with Gasteiger partial charge in [-0.1, -0.05) is 33.6 Å². The Hall–Kier alpha value is -1.39. The number of hydrogen-bond donors (Lipinski definition) is 0. The molecule has 0 radical (unpaired) electrons. The van der Waals surface area contributed by atoms with Crippen molar-refractivity contribution in [2.24, 2.45) is 0 Å². The van der Waals surface area contributed by atoms with Crippen molar-refractivity contribution in [3.05, 3.63) is 62.8 Å². The molecule has 0 saturated carbocycles. The van der Waals surface area contributed by atoms with E-state index >= 15 is 0 Å². The van der Waals surface area contributed by atoms with Crippen molar-refractivity contribution in [1.82, 2.24) is 0 Å². The van der Waals surface area contributed by atoms with E-state index in [1.807, 2.05) is 0 Å². The molecule has 0 aliphatic heterocycles. The lowest BCUT2D eigenvalue weighted by Gasteiger charge is -2.09. The van der Waals surface area contributed by atoms with Crippen LogP contribution in [0.15, 0.2) is 40.9 Å². The number of ether oxygens (including phenoxy) is 1. The largest absolute Gasteiger partial charge is 0.487 e. The van der Waals surface area contributed by atoms with Crippen molar-refractivity contribution in [3.63, 3.8) is 0 Å². The van der Waals surface area contributed by atoms with Crippen LogP contribution in [0, 0.1) is 5.82 Å². The van der Waals surface area contributed by atoms with Crippen molar-refractivity contribution in [3.8, 4) is 5.75 Å². The maximum absolute atomic E-state index is 13.6. The highest BCUT2D eigenvalue weighted by molar-refractivity contribution is 9.10. The van der Waals surface area contributed by atoms with Gasteiger partial charge in [0.05, 0.1) is 5.02 Å². The Kier molecular flexibility index (Phi) is 4.56. The first-order valence-corrected chi connectivity index (χ1v) is 6.58. The average molecular weight is 344 g/mol. The number of rotatable bonds is 4. The summed E-state index contributed by atoms with van der Waals surface area (Å²) in [7, 11) is 0. The molecule has 19 heavy (non-hydrogen) atoms. The van der Waals surface area contributed by atoms with E-state index in [2.05, 4.69) is 15.9 Å². The summed E-state index contributed by atoms with van der Waals surface area (Å²) in [5.74, 6) is 0.0598. The van der Waals surface area contributed by atoms with Crippen LogP contribution in [0.4, 0.5) is 4.39 Å². The molecule has 98 valence electrons. The molecule has 0 atom stereocenters. The Morgan fingerprint density at radius 1 is 1.26 bits per heavy atom. The van der Waals surface area contributed by atoms with Crippen molar-refractivity contribution < 1.29 is 13.9 Å². The molecule has 0 amide bonds. The van der Waals surface area contributed by atoms with E-state index < -0.39 is 0 Å². The highest BCUT2D eigenvalue weighted by atomic mass is 79.9. The van der Waals surface area contributed by atoms with Crippen LogP contribution in [0.2, 0.25) is 5.02 Å². The molecule has 0 aromatic heterocycles. The Bertz CT molecular complexity index is 616. The van der Waals surface area contributed by atoms with Gasteiger partial charge in [0.25, 0.3) is 0 Å². The molecular formula is C14H9BrClFO2. The molecule has 0 saturated heterocycles. The summed E-state index contributed by atoms with van der Waals surface area (Å²) < 4.78 is 19.7. The van der Waals surface area contributed by atoms with Gasteiger partial charge in [0.15, 0.2) is 0 Å². The minimum atomic E-state index is -0.352. The van der Waals surface area contributed by atoms with Crippen LogP contribution in [0.25, 0.3) is 0 Å². The normalized spacial score (nSPS) is 10.3. The van der Waals surface area contributed by atoms with Gasteiger partial charge in [0.2, 0.25) is 0 Å². The summed E-state index contributed by atoms with van der Waals surface area (Å²) >= 11 is 9.14. The molecule has 5 heteroatoms. The number of hydrogen-bond acceptors (Lipinski definition) is 2. The highest BCUT2D eigenvalue weighted by Crippen LogP contribution is 2.26. The predicted octanol–water partition coefficient (Wildman–Crippen LogP) is 4.63. The molecule has 0 spiro atoms. The maximum atomic E-state index is 13.6. The first-order chi connectivity index (χ1) is 9.10. The van der Waals surface area contributed by atoms with Gasteiger partial charge >= 0.3 is 0 Å². The lowest BCUT2D eigenvalue weighted by Crippen LogP contribution is -1.99. The lowest BCUT2D eigenvalue weighted by molar-refractivity contribution is 0.112. The van der Waals surface area contributed by atoms with E-state index in [1.54, 1.807) is 24.3 Å². The molecule has 0 bridgehead atoms. The van der Waals surface area contributed by atoms with Gasteiger partial charge in [-0.05, 0) is 30.3 Å². The molecular weight excluding hydrogens is 335 g/mol. The molecule has 2 nitrogen and oxygen atoms in total. The van der Waals surface area contributed by atoms with Gasteiger partial charge in [-0.2, -0.15) is 0 Å². The van der Waals surface area contributed by atoms with Gasteiger partial charge < -0.3 is 4.74 Å². The lowest BCUT2D eigenvalue weighted by atomic mass is 10.2. The van der Waals surface area contributed by atoms with Crippen LogP contribution >= 0.6 is 27.5 Å². The molecule has 2 rings (SSSR count). The summed E-state index contributed by atoms with van der Waals surface area (Å²) in [5.41, 5.74) is 0.894. The van der Waals surface area contributed by atoms with Crippen LogP contribution in [0.3, 0.4) is 0 Å². The summed E-state index contributed by atoms with van der Waals surface area (Å²) in [4.78, 5) is 10.6. The first-order valence-electron chi connectivity index (χ1n) is 5.41. The van der Waals surface area contributed by atoms with Crippen molar-refractivity contribution >= 4 is 33.8 Å². The molecule has 0 N–H and O–H groups in total. The molecule has 0 aliphatic rings. The zero-order valence-electron chi connectivity index (χ0n) is 9.70. The van der Waals surface area contributed by atoms with Crippen LogP contribution < -0.4 is 4.74 Å². The average Bonchev–Trinajstić information content (AvgIpc) is 2.39. The fraction of sp³-hybridized carbons (Fsp3) is 0.0714. The minimum absolute atomic E-state index is 0.0687. The van der Waals surface area contributed by atoms with Gasteiger partial charge in [-0.3, -0.25) is 4.79 Å². The van der Waals surface area contributed by atoms with Gasteiger partial charge in [0.1, 0.15) is 24.5 Å². The minimum Gasteiger partial charge on any atom is -0.487 e. The van der Waals surface area contributed by atoms with Crippen molar-refractivity contribution in [2.75, 3.05) is 0 Å². The Balaban J connectivity index is 2.12. The molecule has 0 unspecified atom stereocenters. The Morgan fingerprint density at radius 3 is 2.68 bits per heavy atom. The summed E-state index contributed by atoms with van der Waals surface area (Å²) in [6.07, 6.45) is 0.698. The topological polar surface area (TPSA) is 26.3 Å². The van der Waals surface area contributed by atoms with Crippen LogP contribution in [-0.4, -0.2) is 6.29 Å². The van der Waals surface area contributed by atoms with Crippen LogP contribution in [0.5, 0.6) is 5.75 Å². The van der Waals surface area contributed by atoms with Crippen molar-refractivity contribution in [1.29, 1.82) is 0 Å². The summed E-state index contributed by atoms with van der Waals surface area (Å²) in [6, 6.07) is 9.42. The Morgan fingerprint density at radius 2 is 2.05 bits per heavy atom. The molecule has 0 heterocycles. The quantitative estimate of drug-likeness (QED) is 0.756. The predicted molar refractivity (Wildman–Crippen MR) is 75.3 cm³/mol. The zero-order valence-corrected chi connectivity index (χ0v) is 12.0. The number of aldehydes is 1. The number of halogens is 3. The number of carbonyl (C=O) groups excluding carboxylic acids is 1. The maximum Gasteiger partial charge on any atom is 0.150 e. The number of benzene rings is 2. The van der Waals surface area contributed by atoms with Gasteiger partial charge in [-0.15, -0.1) is 0 Å². The SMILES string of the molecule is O=Cc1ccc(OCc2ccc(Br)cc2F)c(Cl)c1. The third-order valence-corrected chi connectivity index (χ3v) is 3.28. The number of carbonyl (C=O) groups is 1. The van der Waals surface area contributed by atoms with E-state index in [0.717, 1.165) is 0 Å². The second-order valence-electron chi connectivity index (χ2n) is 3.83. The fourth-order valence-corrected chi connectivity index (χ4v) is 2.08. The summed E-state index contributed by atoms with van der Waals surface area (Å²) in [5, 5.41) is 0.321. The standard InChI is InChI=1S/C14H9BrClFO2/c15-11-3-2-10(13(17)6-11)8-19-14-4-1-9(7-18)5-12(14)16/h1-7H,8H2. The second-order valence-corrected chi connectivity index (χ2v) is 5.15. The zero-order chi connectivity index (χ0) is 13.8. The van der Waals surface area contributed by atoms with E-state index in [4.69, 9.17) is 16.3 Å². The fourth-order valence-electron chi connectivity index (χ4n) is 1.50. The second kappa shape index (κ2) is 6.17. The molecule has 2 aromatic carbocycles. The van der Waals surface area contributed by atoms with E-state index in [0.29, 0.717) is 32.7 Å². The van der Waals surface area contributed by atoms with Crippen LogP contribution in [-0.2, 0) is 6.61 Å². The summed E-state index contributed by atoms with van der Waals surface area (Å²) in [6.45, 7) is 0.0687. The van der Waals surface area contributed by atoms with E-state index in [9.17, 15) is 9.18 Å². The highest BCUT2D eigenvalue weighted by Gasteiger charge is 2.06. The third kappa shape index (κ3) is 3.55. The molecule has 2 aromatic rings. The van der Waals surface area contributed by atoms with Crippen molar-refractivity contribution in [2.45, 2.75) is 6.61 Å². The van der Waals surface area contributed by atoms with Gasteiger partial charge in [-0.25, -0.2) is 4.39 Å². The van der Waals surface area contributed by atoms with Gasteiger partial charge in [0, 0.05) is 15.6 Å². The van der Waals surface area contributed by atoms with E-state index in [1.165, 1.54) is 12.1 Å². The molecule has 0 aliphatic carbocycles. The van der Waals surface area contributed by atoms with Crippen LogP contribution in [0.1, 0.15) is 15.9 Å².